The van der Waals surface area contributed by atoms with Crippen LogP contribution in [0, 0.1) is 3.57 Å². The first-order valence-corrected chi connectivity index (χ1v) is 5.84. The van der Waals surface area contributed by atoms with Crippen LogP contribution >= 0.6 is 22.6 Å². The highest BCUT2D eigenvalue weighted by Crippen LogP contribution is 2.37. The van der Waals surface area contributed by atoms with E-state index in [9.17, 15) is 18.0 Å². The van der Waals surface area contributed by atoms with Crippen molar-refractivity contribution in [2.75, 3.05) is 0 Å². The molecule has 1 unspecified atom stereocenters. The van der Waals surface area contributed by atoms with Gasteiger partial charge in [-0.25, -0.2) is 4.79 Å². The van der Waals surface area contributed by atoms with Crippen molar-refractivity contribution >= 4 is 34.6 Å². The quantitative estimate of drug-likeness (QED) is 0.773. The molecule has 0 bridgehead atoms. The van der Waals surface area contributed by atoms with Crippen LogP contribution in [-0.4, -0.2) is 23.4 Å². The second-order valence-corrected chi connectivity index (χ2v) is 4.87. The van der Waals surface area contributed by atoms with E-state index in [0.29, 0.717) is 5.56 Å². The zero-order valence-corrected chi connectivity index (χ0v) is 10.8. The van der Waals surface area contributed by atoms with Gasteiger partial charge in [0, 0.05) is 9.13 Å². The van der Waals surface area contributed by atoms with Crippen LogP contribution in [0.1, 0.15) is 5.56 Å². The predicted octanol–water partition coefficient (Wildman–Crippen LogP) is 3.08. The Morgan fingerprint density at radius 2 is 2.06 bits per heavy atom. The number of carboxylic acids is 1. The molecule has 7 heteroatoms. The third-order valence-corrected chi connectivity index (χ3v) is 3.03. The van der Waals surface area contributed by atoms with Crippen LogP contribution in [0.2, 0.25) is 0 Å². The molecule has 96 valence electrons. The molecule has 1 aromatic carbocycles. The molecule has 1 atom stereocenters. The van der Waals surface area contributed by atoms with E-state index in [1.807, 2.05) is 22.6 Å². The first-order valence-electron chi connectivity index (χ1n) is 4.77. The van der Waals surface area contributed by atoms with Gasteiger partial charge in [0.25, 0.3) is 0 Å². The van der Waals surface area contributed by atoms with Gasteiger partial charge in [-0.15, -0.1) is 0 Å². The molecule has 0 aromatic heterocycles. The van der Waals surface area contributed by atoms with E-state index in [1.54, 1.807) is 12.1 Å². The number of halogens is 4. The lowest BCUT2D eigenvalue weighted by Gasteiger charge is -2.27. The smallest absolute Gasteiger partial charge is 0.430 e. The van der Waals surface area contributed by atoms with Crippen LogP contribution < -0.4 is 4.74 Å². The predicted molar refractivity (Wildman–Crippen MR) is 65.2 cm³/mol. The summed E-state index contributed by atoms with van der Waals surface area (Å²) in [6, 6.07) is 4.54. The van der Waals surface area contributed by atoms with Crippen molar-refractivity contribution in [1.29, 1.82) is 0 Å². The second kappa shape index (κ2) is 4.45. The summed E-state index contributed by atoms with van der Waals surface area (Å²) in [7, 11) is 0. The number of hydrogen-bond acceptors (Lipinski definition) is 2. The zero-order chi connectivity index (χ0) is 13.5. The molecule has 0 radical (unpaired) electrons. The molecule has 1 heterocycles. The molecule has 1 aliphatic heterocycles. The Labute approximate surface area is 113 Å². The van der Waals surface area contributed by atoms with E-state index in [1.165, 1.54) is 6.07 Å². The summed E-state index contributed by atoms with van der Waals surface area (Å²) in [5.74, 6) is -1.61. The molecular formula is C11H6F3IO3. The molecule has 0 spiro atoms. The van der Waals surface area contributed by atoms with E-state index < -0.39 is 23.8 Å². The monoisotopic (exact) mass is 370 g/mol. The molecule has 0 amide bonds. The molecule has 0 saturated carbocycles. The van der Waals surface area contributed by atoms with Crippen molar-refractivity contribution in [2.24, 2.45) is 0 Å². The maximum absolute atomic E-state index is 12.7. The van der Waals surface area contributed by atoms with Crippen LogP contribution in [-0.2, 0) is 4.79 Å². The molecule has 18 heavy (non-hydrogen) atoms. The third kappa shape index (κ3) is 2.45. The Kier molecular flexibility index (Phi) is 3.26. The van der Waals surface area contributed by atoms with Crippen LogP contribution in [0.5, 0.6) is 5.75 Å². The van der Waals surface area contributed by atoms with Gasteiger partial charge in [-0.2, -0.15) is 13.2 Å². The summed E-state index contributed by atoms with van der Waals surface area (Å²) in [6.45, 7) is 0. The molecule has 2 rings (SSSR count). The topological polar surface area (TPSA) is 46.5 Å². The average Bonchev–Trinajstić information content (AvgIpc) is 2.25. The molecular weight excluding hydrogens is 364 g/mol. The number of alkyl halides is 3. The van der Waals surface area contributed by atoms with Crippen molar-refractivity contribution in [3.05, 3.63) is 32.9 Å². The molecule has 0 fully saturated rings. The standard InChI is InChI=1S/C11H6F3IO3/c12-11(13,14)9-7(10(16)17)4-5-3-6(15)1-2-8(5)18-9/h1-4,9H,(H,16,17). The van der Waals surface area contributed by atoms with Gasteiger partial charge in [0.1, 0.15) is 5.75 Å². The third-order valence-electron chi connectivity index (χ3n) is 2.35. The van der Waals surface area contributed by atoms with Gasteiger partial charge in [-0.1, -0.05) is 0 Å². The first-order chi connectivity index (χ1) is 8.29. The summed E-state index contributed by atoms with van der Waals surface area (Å²) < 4.78 is 43.6. The fraction of sp³-hybridized carbons (Fsp3) is 0.182. The zero-order valence-electron chi connectivity index (χ0n) is 8.66. The van der Waals surface area contributed by atoms with Crippen LogP contribution in [0.25, 0.3) is 6.08 Å². The van der Waals surface area contributed by atoms with Gasteiger partial charge in [0.2, 0.25) is 6.10 Å². The summed E-state index contributed by atoms with van der Waals surface area (Å²) in [5.41, 5.74) is -0.475. The maximum atomic E-state index is 12.7. The SMILES string of the molecule is O=C(O)C1=Cc2cc(I)ccc2OC1C(F)(F)F. The van der Waals surface area contributed by atoms with Gasteiger partial charge >= 0.3 is 12.1 Å². The number of ether oxygens (including phenoxy) is 1. The summed E-state index contributed by atoms with van der Waals surface area (Å²) >= 11 is 1.98. The minimum Gasteiger partial charge on any atom is -0.478 e. The first kappa shape index (κ1) is 13.2. The number of aliphatic carboxylic acids is 1. The van der Waals surface area contributed by atoms with E-state index in [2.05, 4.69) is 0 Å². The molecule has 0 saturated heterocycles. The van der Waals surface area contributed by atoms with Crippen molar-refractivity contribution in [1.82, 2.24) is 0 Å². The molecule has 1 aromatic rings. The van der Waals surface area contributed by atoms with Gasteiger partial charge in [-0.05, 0) is 46.9 Å². The van der Waals surface area contributed by atoms with Gasteiger partial charge in [-0.3, -0.25) is 0 Å². The Balaban J connectivity index is 2.53. The molecule has 0 aliphatic carbocycles. The van der Waals surface area contributed by atoms with E-state index in [4.69, 9.17) is 9.84 Å². The van der Waals surface area contributed by atoms with Crippen molar-refractivity contribution in [3.8, 4) is 5.75 Å². The van der Waals surface area contributed by atoms with Crippen molar-refractivity contribution in [3.63, 3.8) is 0 Å². The number of hydrogen-bond donors (Lipinski definition) is 1. The van der Waals surface area contributed by atoms with Crippen molar-refractivity contribution in [2.45, 2.75) is 12.3 Å². The lowest BCUT2D eigenvalue weighted by Crippen LogP contribution is -2.40. The lowest BCUT2D eigenvalue weighted by atomic mass is 10.0. The highest BCUT2D eigenvalue weighted by atomic mass is 127. The number of carbonyl (C=O) groups is 1. The summed E-state index contributed by atoms with van der Waals surface area (Å²) in [5, 5.41) is 8.82. The Hall–Kier alpha value is -1.25. The average molecular weight is 370 g/mol. The van der Waals surface area contributed by atoms with Gasteiger partial charge in [0.05, 0.1) is 5.57 Å². The number of carboxylic acid groups (broad SMARTS) is 1. The summed E-state index contributed by atoms with van der Waals surface area (Å²) in [4.78, 5) is 10.9. The highest BCUT2D eigenvalue weighted by molar-refractivity contribution is 14.1. The minimum atomic E-state index is -4.76. The highest BCUT2D eigenvalue weighted by Gasteiger charge is 2.48. The fourth-order valence-corrected chi connectivity index (χ4v) is 2.11. The molecule has 3 nitrogen and oxygen atoms in total. The minimum absolute atomic E-state index is 0.0303. The molecule has 1 N–H and O–H groups in total. The summed E-state index contributed by atoms with van der Waals surface area (Å²) in [6.07, 6.45) is -6.19. The van der Waals surface area contributed by atoms with Gasteiger partial charge < -0.3 is 9.84 Å². The molecule has 1 aliphatic rings. The Morgan fingerprint density at radius 1 is 1.39 bits per heavy atom. The van der Waals surface area contributed by atoms with E-state index in [-0.39, 0.29) is 5.75 Å². The van der Waals surface area contributed by atoms with Crippen LogP contribution in [0.4, 0.5) is 13.2 Å². The number of rotatable bonds is 1. The Bertz CT molecular complexity index is 537. The Morgan fingerprint density at radius 3 is 2.61 bits per heavy atom. The number of fused-ring (bicyclic) bond motifs is 1. The van der Waals surface area contributed by atoms with Crippen molar-refractivity contribution < 1.29 is 27.8 Å². The lowest BCUT2D eigenvalue weighted by molar-refractivity contribution is -0.187. The second-order valence-electron chi connectivity index (χ2n) is 3.63. The van der Waals surface area contributed by atoms with Crippen LogP contribution in [0.15, 0.2) is 23.8 Å². The van der Waals surface area contributed by atoms with Gasteiger partial charge in [0.15, 0.2) is 0 Å². The normalized spacial score (nSPS) is 18.7. The van der Waals surface area contributed by atoms with E-state index in [0.717, 1.165) is 9.65 Å². The number of benzene rings is 1. The largest absolute Gasteiger partial charge is 0.478 e. The van der Waals surface area contributed by atoms with Crippen LogP contribution in [0.3, 0.4) is 0 Å². The van der Waals surface area contributed by atoms with E-state index >= 15 is 0 Å². The maximum Gasteiger partial charge on any atom is 0.430 e. The fourth-order valence-electron chi connectivity index (χ4n) is 1.59.